The Bertz CT molecular complexity index is 1020. The third kappa shape index (κ3) is 3.67. The molecule has 0 aromatic carbocycles. The molecule has 0 amide bonds. The lowest BCUT2D eigenvalue weighted by Gasteiger charge is -2.54. The van der Waals surface area contributed by atoms with Crippen LogP contribution in [0.1, 0.15) is 53.9 Å². The van der Waals surface area contributed by atoms with Crippen molar-refractivity contribution < 1.29 is 52.8 Å². The molecule has 192 valence electrons. The van der Waals surface area contributed by atoms with E-state index in [1.165, 1.54) is 6.92 Å². The molecule has 1 N–H and O–H groups in total. The van der Waals surface area contributed by atoms with E-state index in [1.807, 2.05) is 0 Å². The maximum absolute atomic E-state index is 12.5. The minimum atomic E-state index is -1.91. The highest BCUT2D eigenvalue weighted by atomic mass is 16.7. The van der Waals surface area contributed by atoms with Gasteiger partial charge in [-0.15, -0.1) is 0 Å². The Hall–Kier alpha value is -2.79. The number of carbonyl (C=O) groups is 5. The van der Waals surface area contributed by atoms with Gasteiger partial charge in [-0.1, -0.05) is 6.08 Å². The summed E-state index contributed by atoms with van der Waals surface area (Å²) >= 11 is 0. The van der Waals surface area contributed by atoms with Crippen molar-refractivity contribution in [1.82, 2.24) is 0 Å². The summed E-state index contributed by atoms with van der Waals surface area (Å²) in [6.45, 7) is 5.79. The second-order valence-corrected chi connectivity index (χ2v) is 9.93. The van der Waals surface area contributed by atoms with Crippen LogP contribution in [-0.2, 0) is 47.7 Å². The van der Waals surface area contributed by atoms with Crippen LogP contribution in [0.3, 0.4) is 0 Å². The van der Waals surface area contributed by atoms with Gasteiger partial charge in [0.2, 0.25) is 5.60 Å². The number of ether oxygens (including phenoxy) is 5. The first kappa shape index (κ1) is 25.3. The fourth-order valence-electron chi connectivity index (χ4n) is 6.60. The number of ketones is 1. The Morgan fingerprint density at radius 2 is 1.71 bits per heavy atom. The standard InChI is InChI=1S/C24H30O11/c1-11-8-18-22(30)7-6-16(29)9-17(22)20-23(34-15(5)28,10-31-12(2)25)21(33-14(4)27)24(18,35-20)19(11)32-13(3)26/h8,17-21,30H,6-7,9-10H2,1-5H3. The molecule has 1 spiro atoms. The van der Waals surface area contributed by atoms with Gasteiger partial charge in [-0.05, 0) is 18.9 Å². The second kappa shape index (κ2) is 8.41. The molecule has 35 heavy (non-hydrogen) atoms. The summed E-state index contributed by atoms with van der Waals surface area (Å²) < 4.78 is 29.1. The first-order valence-corrected chi connectivity index (χ1v) is 11.6. The van der Waals surface area contributed by atoms with Gasteiger partial charge in [0.25, 0.3) is 0 Å². The van der Waals surface area contributed by atoms with Crippen molar-refractivity contribution in [3.63, 3.8) is 0 Å². The Balaban J connectivity index is 2.00. The smallest absolute Gasteiger partial charge is 0.303 e. The van der Waals surface area contributed by atoms with Gasteiger partial charge in [0.05, 0.1) is 5.60 Å². The molecule has 2 saturated heterocycles. The summed E-state index contributed by atoms with van der Waals surface area (Å²) in [5, 5.41) is 12.1. The average molecular weight is 494 g/mol. The minimum absolute atomic E-state index is 0.0792. The number of aliphatic hydroxyl groups is 1. The molecule has 2 aliphatic heterocycles. The van der Waals surface area contributed by atoms with Crippen LogP contribution in [0, 0.1) is 11.8 Å². The van der Waals surface area contributed by atoms with Crippen molar-refractivity contribution in [2.75, 3.05) is 6.61 Å². The van der Waals surface area contributed by atoms with Gasteiger partial charge in [-0.25, -0.2) is 0 Å². The molecule has 3 fully saturated rings. The number of hydrogen-bond donors (Lipinski definition) is 1. The van der Waals surface area contributed by atoms with E-state index in [9.17, 15) is 29.1 Å². The van der Waals surface area contributed by atoms with Crippen LogP contribution in [0.25, 0.3) is 0 Å². The fourth-order valence-corrected chi connectivity index (χ4v) is 6.60. The van der Waals surface area contributed by atoms with Gasteiger partial charge in [0.15, 0.2) is 17.8 Å². The summed E-state index contributed by atoms with van der Waals surface area (Å²) in [5.74, 6) is -4.75. The van der Waals surface area contributed by atoms with Gasteiger partial charge >= 0.3 is 23.9 Å². The Kier molecular flexibility index (Phi) is 6.08. The van der Waals surface area contributed by atoms with Crippen LogP contribution in [0.5, 0.6) is 0 Å². The highest BCUT2D eigenvalue weighted by Crippen LogP contribution is 2.66. The molecule has 8 atom stereocenters. The van der Waals surface area contributed by atoms with E-state index in [-0.39, 0.29) is 25.0 Å². The number of Topliss-reactive ketones (excluding diaryl/α,β-unsaturated/α-hetero) is 1. The van der Waals surface area contributed by atoms with Crippen LogP contribution in [-0.4, -0.2) is 76.5 Å². The molecule has 1 saturated carbocycles. The quantitative estimate of drug-likeness (QED) is 0.324. The van der Waals surface area contributed by atoms with Gasteiger partial charge < -0.3 is 28.8 Å². The van der Waals surface area contributed by atoms with E-state index >= 15 is 0 Å². The Morgan fingerprint density at radius 1 is 1.06 bits per heavy atom. The first-order valence-electron chi connectivity index (χ1n) is 11.6. The summed E-state index contributed by atoms with van der Waals surface area (Å²) in [6, 6.07) is 0. The summed E-state index contributed by atoms with van der Waals surface area (Å²) in [7, 11) is 0. The Morgan fingerprint density at radius 3 is 2.29 bits per heavy atom. The maximum atomic E-state index is 12.5. The van der Waals surface area contributed by atoms with Crippen molar-refractivity contribution in [2.24, 2.45) is 11.8 Å². The van der Waals surface area contributed by atoms with E-state index in [4.69, 9.17) is 23.7 Å². The molecule has 4 rings (SSSR count). The van der Waals surface area contributed by atoms with Crippen molar-refractivity contribution in [3.05, 3.63) is 11.6 Å². The number of hydrogen-bond acceptors (Lipinski definition) is 11. The van der Waals surface area contributed by atoms with Crippen molar-refractivity contribution in [3.8, 4) is 0 Å². The van der Waals surface area contributed by atoms with Crippen LogP contribution < -0.4 is 0 Å². The number of carbonyl (C=O) groups excluding carboxylic acids is 5. The largest absolute Gasteiger partial charge is 0.461 e. The highest BCUT2D eigenvalue weighted by Gasteiger charge is 2.83. The molecule has 2 bridgehead atoms. The maximum Gasteiger partial charge on any atom is 0.303 e. The second-order valence-electron chi connectivity index (χ2n) is 9.93. The molecule has 2 aliphatic carbocycles. The first-order chi connectivity index (χ1) is 16.3. The number of fused-ring (bicyclic) bond motifs is 4. The van der Waals surface area contributed by atoms with Gasteiger partial charge in [-0.3, -0.25) is 24.0 Å². The normalized spacial score (nSPS) is 41.3. The van der Waals surface area contributed by atoms with Crippen molar-refractivity contribution >= 4 is 29.7 Å². The summed E-state index contributed by atoms with van der Waals surface area (Å²) in [5.41, 5.74) is -4.60. The lowest BCUT2D eigenvalue weighted by molar-refractivity contribution is -0.270. The van der Waals surface area contributed by atoms with Gasteiger partial charge in [0, 0.05) is 52.4 Å². The zero-order valence-corrected chi connectivity index (χ0v) is 20.3. The molecular weight excluding hydrogens is 464 g/mol. The molecule has 0 aromatic heterocycles. The molecule has 4 aliphatic rings. The predicted molar refractivity (Wildman–Crippen MR) is 114 cm³/mol. The van der Waals surface area contributed by atoms with Gasteiger partial charge in [0.1, 0.15) is 18.5 Å². The topological polar surface area (TPSA) is 152 Å². The predicted octanol–water partition coefficient (Wildman–Crippen LogP) is 0.542. The Labute approximate surface area is 202 Å². The SMILES string of the molecule is CC(=O)OCC1(OC(C)=O)C2OC3(C(OC(C)=O)C(C)=CC3C3(O)CCC(=O)CC23)C1OC(C)=O. The van der Waals surface area contributed by atoms with Crippen LogP contribution in [0.2, 0.25) is 0 Å². The van der Waals surface area contributed by atoms with E-state index < -0.39 is 77.4 Å². The number of esters is 4. The lowest BCUT2D eigenvalue weighted by Crippen LogP contribution is -2.67. The van der Waals surface area contributed by atoms with E-state index in [2.05, 4.69) is 0 Å². The third-order valence-corrected chi connectivity index (χ3v) is 7.61. The molecule has 11 heteroatoms. The zero-order chi connectivity index (χ0) is 25.9. The van der Waals surface area contributed by atoms with Crippen molar-refractivity contribution in [1.29, 1.82) is 0 Å². The number of rotatable bonds is 5. The van der Waals surface area contributed by atoms with Crippen molar-refractivity contribution in [2.45, 2.75) is 89.0 Å². The molecule has 8 unspecified atom stereocenters. The van der Waals surface area contributed by atoms with Crippen LogP contribution in [0.4, 0.5) is 0 Å². The van der Waals surface area contributed by atoms with Crippen LogP contribution in [0.15, 0.2) is 11.6 Å². The molecular formula is C24H30O11. The molecule has 0 aromatic rings. The molecule has 0 radical (unpaired) electrons. The average Bonchev–Trinajstić information content (AvgIpc) is 3.14. The van der Waals surface area contributed by atoms with Crippen LogP contribution >= 0.6 is 0 Å². The van der Waals surface area contributed by atoms with E-state index in [1.54, 1.807) is 13.0 Å². The van der Waals surface area contributed by atoms with E-state index in [0.29, 0.717) is 5.57 Å². The molecule has 2 heterocycles. The summed E-state index contributed by atoms with van der Waals surface area (Å²) in [6.07, 6.45) is -1.94. The van der Waals surface area contributed by atoms with Gasteiger partial charge in [-0.2, -0.15) is 0 Å². The third-order valence-electron chi connectivity index (χ3n) is 7.61. The monoisotopic (exact) mass is 494 g/mol. The lowest BCUT2D eigenvalue weighted by atomic mass is 9.62. The minimum Gasteiger partial charge on any atom is -0.461 e. The van der Waals surface area contributed by atoms with E-state index in [0.717, 1.165) is 20.8 Å². The molecule has 11 nitrogen and oxygen atoms in total. The fraction of sp³-hybridized carbons (Fsp3) is 0.708. The summed E-state index contributed by atoms with van der Waals surface area (Å²) in [4.78, 5) is 61.3. The zero-order valence-electron chi connectivity index (χ0n) is 20.3. The highest BCUT2D eigenvalue weighted by molar-refractivity contribution is 5.80.